The highest BCUT2D eigenvalue weighted by atomic mass is 16.5. The summed E-state index contributed by atoms with van der Waals surface area (Å²) in [4.78, 5) is 0. The smallest absolute Gasteiger partial charge is 0.290 e. The number of imidazole rings is 1. The second-order valence-corrected chi connectivity index (χ2v) is 9.64. The normalized spacial score (nSPS) is 11.3. The fourth-order valence-electron chi connectivity index (χ4n) is 4.59. The van der Waals surface area contributed by atoms with Gasteiger partial charge in [0.15, 0.2) is 6.73 Å². The quantitative estimate of drug-likeness (QED) is 0.136. The number of nitrogens with zero attached hydrogens (tertiary/aromatic N) is 2. The number of unbranched alkanes of at least 4 members (excludes halogenated alkanes) is 14. The summed E-state index contributed by atoms with van der Waals surface area (Å²) in [6, 6.07) is 10.8. The first kappa shape index (κ1) is 27.6. The Morgan fingerprint density at radius 1 is 0.667 bits per heavy atom. The average molecular weight is 456 g/mol. The summed E-state index contributed by atoms with van der Waals surface area (Å²) in [7, 11) is 0. The summed E-state index contributed by atoms with van der Waals surface area (Å²) >= 11 is 0. The minimum atomic E-state index is 0.644. The first-order valence-corrected chi connectivity index (χ1v) is 14.1. The van der Waals surface area contributed by atoms with Gasteiger partial charge in [0.25, 0.3) is 5.82 Å². The molecule has 33 heavy (non-hydrogen) atoms. The molecule has 0 saturated heterocycles. The molecular weight excluding hydrogens is 404 g/mol. The molecule has 0 fully saturated rings. The number of rotatable bonds is 21. The van der Waals surface area contributed by atoms with E-state index in [4.69, 9.17) is 4.74 Å². The van der Waals surface area contributed by atoms with E-state index in [2.05, 4.69) is 65.7 Å². The third-order valence-electron chi connectivity index (χ3n) is 6.63. The topological polar surface area (TPSA) is 18.0 Å². The first-order chi connectivity index (χ1) is 16.4. The van der Waals surface area contributed by atoms with Crippen LogP contribution in [0.1, 0.15) is 117 Å². The Morgan fingerprint density at radius 2 is 1.21 bits per heavy atom. The van der Waals surface area contributed by atoms with Crippen molar-refractivity contribution in [3.8, 4) is 11.4 Å². The van der Waals surface area contributed by atoms with Gasteiger partial charge in [0.2, 0.25) is 0 Å². The molecule has 3 heteroatoms. The van der Waals surface area contributed by atoms with Gasteiger partial charge in [0.1, 0.15) is 12.4 Å². The molecule has 0 aliphatic heterocycles. The number of aromatic nitrogens is 2. The zero-order valence-corrected chi connectivity index (χ0v) is 21.8. The van der Waals surface area contributed by atoms with Crippen LogP contribution in [-0.2, 0) is 18.0 Å². The van der Waals surface area contributed by atoms with E-state index < -0.39 is 0 Å². The van der Waals surface area contributed by atoms with Crippen molar-refractivity contribution in [1.82, 2.24) is 4.57 Å². The molecule has 1 aromatic heterocycles. The van der Waals surface area contributed by atoms with Gasteiger partial charge in [-0.25, -0.2) is 9.13 Å². The standard InChI is InChI=1S/C30H51N2O/c1-3-5-7-9-11-12-13-14-16-21-27-33-28-32-26-25-31(24-20-15-10-8-6-4-2)30(32)29-22-18-17-19-23-29/h17-19,22-23,25-26H,3-16,20-21,24,27-28H2,1-2H3/q+1. The summed E-state index contributed by atoms with van der Waals surface area (Å²) in [6.07, 6.45) is 26.1. The van der Waals surface area contributed by atoms with Crippen LogP contribution in [0.3, 0.4) is 0 Å². The van der Waals surface area contributed by atoms with E-state index in [1.807, 2.05) is 0 Å². The molecule has 0 aliphatic carbocycles. The average Bonchev–Trinajstić information content (AvgIpc) is 3.25. The number of benzene rings is 1. The molecule has 1 heterocycles. The minimum Gasteiger partial charge on any atom is -0.342 e. The van der Waals surface area contributed by atoms with Gasteiger partial charge in [-0.1, -0.05) is 116 Å². The van der Waals surface area contributed by atoms with Gasteiger partial charge in [-0.3, -0.25) is 0 Å². The van der Waals surface area contributed by atoms with Crippen molar-refractivity contribution in [2.45, 2.75) is 130 Å². The van der Waals surface area contributed by atoms with Gasteiger partial charge in [-0.2, -0.15) is 0 Å². The molecule has 0 radical (unpaired) electrons. The van der Waals surface area contributed by atoms with Crippen LogP contribution in [-0.4, -0.2) is 11.2 Å². The van der Waals surface area contributed by atoms with Crippen molar-refractivity contribution in [1.29, 1.82) is 0 Å². The Labute approximate surface area is 204 Å². The third-order valence-corrected chi connectivity index (χ3v) is 6.63. The van der Waals surface area contributed by atoms with Crippen LogP contribution in [0, 0.1) is 0 Å². The van der Waals surface area contributed by atoms with Crippen LogP contribution in [0.25, 0.3) is 11.4 Å². The molecule has 0 atom stereocenters. The highest BCUT2D eigenvalue weighted by molar-refractivity contribution is 5.52. The number of hydrogen-bond donors (Lipinski definition) is 0. The van der Waals surface area contributed by atoms with E-state index in [0.717, 1.165) is 13.2 Å². The highest BCUT2D eigenvalue weighted by Gasteiger charge is 2.19. The van der Waals surface area contributed by atoms with Crippen LogP contribution in [0.15, 0.2) is 42.7 Å². The van der Waals surface area contributed by atoms with E-state index in [1.165, 1.54) is 114 Å². The molecule has 0 amide bonds. The molecule has 0 spiro atoms. The predicted molar refractivity (Wildman–Crippen MR) is 141 cm³/mol. The maximum atomic E-state index is 6.09. The summed E-state index contributed by atoms with van der Waals surface area (Å²) in [5, 5.41) is 0. The van der Waals surface area contributed by atoms with Crippen molar-refractivity contribution < 1.29 is 9.30 Å². The fourth-order valence-corrected chi connectivity index (χ4v) is 4.59. The SMILES string of the molecule is CCCCCCCCCCCCOC[n+]1ccn(CCCCCCCC)c1-c1ccccc1. The van der Waals surface area contributed by atoms with Crippen molar-refractivity contribution in [3.63, 3.8) is 0 Å². The molecule has 2 aromatic rings. The molecule has 0 N–H and O–H groups in total. The fraction of sp³-hybridized carbons (Fsp3) is 0.700. The van der Waals surface area contributed by atoms with Crippen molar-refractivity contribution in [3.05, 3.63) is 42.7 Å². The molecule has 3 nitrogen and oxygen atoms in total. The number of hydrogen-bond acceptors (Lipinski definition) is 1. The lowest BCUT2D eigenvalue weighted by Gasteiger charge is -2.07. The zero-order valence-electron chi connectivity index (χ0n) is 21.8. The van der Waals surface area contributed by atoms with Crippen LogP contribution < -0.4 is 4.57 Å². The lowest BCUT2D eigenvalue weighted by Crippen LogP contribution is -2.36. The van der Waals surface area contributed by atoms with Gasteiger partial charge in [-0.15, -0.1) is 0 Å². The Morgan fingerprint density at radius 3 is 1.82 bits per heavy atom. The second-order valence-electron chi connectivity index (χ2n) is 9.64. The molecule has 2 rings (SSSR count). The summed E-state index contributed by atoms with van der Waals surface area (Å²) in [6.45, 7) is 7.16. The minimum absolute atomic E-state index is 0.644. The van der Waals surface area contributed by atoms with Crippen LogP contribution >= 0.6 is 0 Å². The Balaban J connectivity index is 1.69. The predicted octanol–water partition coefficient (Wildman–Crippen LogP) is 8.70. The summed E-state index contributed by atoms with van der Waals surface area (Å²) in [5.41, 5.74) is 1.27. The van der Waals surface area contributed by atoms with Crippen molar-refractivity contribution in [2.24, 2.45) is 0 Å². The van der Waals surface area contributed by atoms with E-state index >= 15 is 0 Å². The maximum absolute atomic E-state index is 6.09. The Bertz CT molecular complexity index is 695. The number of aryl methyl sites for hydroxylation is 1. The Hall–Kier alpha value is -1.61. The van der Waals surface area contributed by atoms with Crippen molar-refractivity contribution >= 4 is 0 Å². The highest BCUT2D eigenvalue weighted by Crippen LogP contribution is 2.17. The monoisotopic (exact) mass is 455 g/mol. The van der Waals surface area contributed by atoms with E-state index in [-0.39, 0.29) is 0 Å². The number of ether oxygens (including phenoxy) is 1. The lowest BCUT2D eigenvalue weighted by atomic mass is 10.1. The molecule has 1 aromatic carbocycles. The largest absolute Gasteiger partial charge is 0.342 e. The van der Waals surface area contributed by atoms with Gasteiger partial charge >= 0.3 is 0 Å². The van der Waals surface area contributed by atoms with Gasteiger partial charge in [0.05, 0.1) is 18.7 Å². The summed E-state index contributed by atoms with van der Waals surface area (Å²) < 4.78 is 10.8. The molecule has 0 unspecified atom stereocenters. The molecule has 0 bridgehead atoms. The second kappa shape index (κ2) is 18.8. The first-order valence-electron chi connectivity index (χ1n) is 14.1. The van der Waals surface area contributed by atoms with E-state index in [9.17, 15) is 0 Å². The van der Waals surface area contributed by atoms with Crippen LogP contribution in [0.5, 0.6) is 0 Å². The summed E-state index contributed by atoms with van der Waals surface area (Å²) in [5.74, 6) is 1.27. The lowest BCUT2D eigenvalue weighted by molar-refractivity contribution is -0.722. The molecule has 0 aliphatic rings. The van der Waals surface area contributed by atoms with Gasteiger partial charge < -0.3 is 4.74 Å². The third kappa shape index (κ3) is 11.9. The van der Waals surface area contributed by atoms with Crippen LogP contribution in [0.2, 0.25) is 0 Å². The van der Waals surface area contributed by atoms with Crippen LogP contribution in [0.4, 0.5) is 0 Å². The maximum Gasteiger partial charge on any atom is 0.290 e. The Kier molecular flexibility index (Phi) is 15.7. The van der Waals surface area contributed by atoms with Gasteiger partial charge in [0, 0.05) is 0 Å². The molecule has 186 valence electrons. The zero-order chi connectivity index (χ0) is 23.4. The van der Waals surface area contributed by atoms with E-state index in [0.29, 0.717) is 6.73 Å². The van der Waals surface area contributed by atoms with E-state index in [1.54, 1.807) is 0 Å². The van der Waals surface area contributed by atoms with Gasteiger partial charge in [-0.05, 0) is 31.4 Å². The molecular formula is C30H51N2O+. The molecule has 0 saturated carbocycles. The van der Waals surface area contributed by atoms with Crippen molar-refractivity contribution in [2.75, 3.05) is 6.61 Å².